The second kappa shape index (κ2) is 5.03. The first-order valence-electron chi connectivity index (χ1n) is 7.77. The third kappa shape index (κ3) is 2.46. The Morgan fingerprint density at radius 1 is 0.905 bits per heavy atom. The highest BCUT2D eigenvalue weighted by molar-refractivity contribution is 5.79. The van der Waals surface area contributed by atoms with Gasteiger partial charge in [0.05, 0.1) is 0 Å². The Hall–Kier alpha value is -2.09. The molecule has 1 N–H and O–H groups in total. The molecule has 2 fully saturated rings. The quantitative estimate of drug-likeness (QED) is 0.907. The summed E-state index contributed by atoms with van der Waals surface area (Å²) >= 11 is 0. The van der Waals surface area contributed by atoms with Crippen LogP contribution in [-0.2, 0) is 4.79 Å². The van der Waals surface area contributed by atoms with Gasteiger partial charge in [0, 0.05) is 18.9 Å². The summed E-state index contributed by atoms with van der Waals surface area (Å²) in [7, 11) is 0. The molecule has 1 aliphatic carbocycles. The predicted octanol–water partition coefficient (Wildman–Crippen LogP) is 3.83. The topological polar surface area (TPSA) is 29.1 Å². The summed E-state index contributed by atoms with van der Waals surface area (Å²) in [6.45, 7) is 0.775. The first-order chi connectivity index (χ1) is 10.3. The summed E-state index contributed by atoms with van der Waals surface area (Å²) in [6.07, 6.45) is 3.27. The normalized spacial score (nSPS) is 21.3. The van der Waals surface area contributed by atoms with Gasteiger partial charge in [-0.1, -0.05) is 48.5 Å². The van der Waals surface area contributed by atoms with Crippen molar-refractivity contribution in [2.45, 2.75) is 31.1 Å². The smallest absolute Gasteiger partial charge is 0.220 e. The predicted molar refractivity (Wildman–Crippen MR) is 84.2 cm³/mol. The van der Waals surface area contributed by atoms with Crippen molar-refractivity contribution in [1.82, 2.24) is 5.32 Å². The standard InChI is InChI=1S/C19H19NO/c21-19-11-16(12-20-19)13-5-7-14(8-6-13)17-3-1-2-4-18(17)15-9-10-15/h1-8,15-16H,9-12H2,(H,20,21). The van der Waals surface area contributed by atoms with Gasteiger partial charge in [-0.3, -0.25) is 4.79 Å². The summed E-state index contributed by atoms with van der Waals surface area (Å²) in [5, 5.41) is 2.91. The number of amides is 1. The van der Waals surface area contributed by atoms with Crippen LogP contribution in [0.15, 0.2) is 48.5 Å². The lowest BCUT2D eigenvalue weighted by atomic mass is 9.93. The van der Waals surface area contributed by atoms with Crippen LogP contribution in [0.3, 0.4) is 0 Å². The maximum absolute atomic E-state index is 11.3. The van der Waals surface area contributed by atoms with Gasteiger partial charge in [-0.05, 0) is 41.0 Å². The largest absolute Gasteiger partial charge is 0.355 e. The molecule has 0 spiro atoms. The van der Waals surface area contributed by atoms with E-state index in [-0.39, 0.29) is 5.91 Å². The molecule has 2 nitrogen and oxygen atoms in total. The van der Waals surface area contributed by atoms with Crippen molar-refractivity contribution >= 4 is 5.91 Å². The molecule has 2 heteroatoms. The molecule has 1 saturated carbocycles. The molecule has 1 aliphatic heterocycles. The summed E-state index contributed by atoms with van der Waals surface area (Å²) in [5.41, 5.74) is 5.41. The highest BCUT2D eigenvalue weighted by atomic mass is 16.1. The Bertz CT molecular complexity index is 670. The van der Waals surface area contributed by atoms with Gasteiger partial charge in [0.15, 0.2) is 0 Å². The molecule has 1 saturated heterocycles. The van der Waals surface area contributed by atoms with E-state index in [4.69, 9.17) is 0 Å². The lowest BCUT2D eigenvalue weighted by Gasteiger charge is -2.11. The molecule has 1 amide bonds. The monoisotopic (exact) mass is 277 g/mol. The number of rotatable bonds is 3. The lowest BCUT2D eigenvalue weighted by Crippen LogP contribution is -2.13. The van der Waals surface area contributed by atoms with E-state index in [1.807, 2.05) is 0 Å². The van der Waals surface area contributed by atoms with Crippen LogP contribution in [0.2, 0.25) is 0 Å². The van der Waals surface area contributed by atoms with Crippen molar-refractivity contribution in [3.05, 3.63) is 59.7 Å². The Labute approximate surface area is 125 Å². The Balaban J connectivity index is 1.63. The van der Waals surface area contributed by atoms with Gasteiger partial charge in [0.1, 0.15) is 0 Å². The van der Waals surface area contributed by atoms with Crippen LogP contribution in [0.4, 0.5) is 0 Å². The van der Waals surface area contributed by atoms with Crippen LogP contribution in [-0.4, -0.2) is 12.5 Å². The minimum Gasteiger partial charge on any atom is -0.355 e. The zero-order valence-electron chi connectivity index (χ0n) is 12.0. The van der Waals surface area contributed by atoms with Crippen LogP contribution in [0.1, 0.15) is 42.2 Å². The number of benzene rings is 2. The molecule has 21 heavy (non-hydrogen) atoms. The van der Waals surface area contributed by atoms with E-state index in [0.29, 0.717) is 12.3 Å². The molecule has 2 aliphatic rings. The minimum atomic E-state index is 0.170. The fourth-order valence-electron chi connectivity index (χ4n) is 3.29. The van der Waals surface area contributed by atoms with Crippen molar-refractivity contribution in [1.29, 1.82) is 0 Å². The Morgan fingerprint density at radius 2 is 1.67 bits per heavy atom. The highest BCUT2D eigenvalue weighted by Crippen LogP contribution is 2.44. The molecule has 1 atom stereocenters. The molecule has 106 valence electrons. The lowest BCUT2D eigenvalue weighted by molar-refractivity contribution is -0.119. The Morgan fingerprint density at radius 3 is 2.33 bits per heavy atom. The summed E-state index contributed by atoms with van der Waals surface area (Å²) in [5.74, 6) is 1.27. The second-order valence-electron chi connectivity index (χ2n) is 6.19. The maximum Gasteiger partial charge on any atom is 0.220 e. The van der Waals surface area contributed by atoms with Gasteiger partial charge in [0.2, 0.25) is 5.91 Å². The van der Waals surface area contributed by atoms with Gasteiger partial charge >= 0.3 is 0 Å². The van der Waals surface area contributed by atoms with Crippen LogP contribution < -0.4 is 5.32 Å². The molecule has 4 rings (SSSR count). The van der Waals surface area contributed by atoms with Crippen LogP contribution >= 0.6 is 0 Å². The second-order valence-corrected chi connectivity index (χ2v) is 6.19. The number of hydrogen-bond acceptors (Lipinski definition) is 1. The summed E-state index contributed by atoms with van der Waals surface area (Å²) in [4.78, 5) is 11.3. The van der Waals surface area contributed by atoms with E-state index in [1.54, 1.807) is 0 Å². The highest BCUT2D eigenvalue weighted by Gasteiger charge is 2.26. The molecule has 2 aromatic rings. The molecule has 2 aromatic carbocycles. The van der Waals surface area contributed by atoms with Crippen molar-refractivity contribution in [3.8, 4) is 11.1 Å². The van der Waals surface area contributed by atoms with Gasteiger partial charge in [-0.15, -0.1) is 0 Å². The van der Waals surface area contributed by atoms with Crippen molar-refractivity contribution in [2.24, 2.45) is 0 Å². The third-order valence-electron chi connectivity index (χ3n) is 4.65. The number of carbonyl (C=O) groups excluding carboxylic acids is 1. The molecule has 0 bridgehead atoms. The average molecular weight is 277 g/mol. The Kier molecular flexibility index (Phi) is 3.03. The fourth-order valence-corrected chi connectivity index (χ4v) is 3.29. The fraction of sp³-hybridized carbons (Fsp3) is 0.316. The third-order valence-corrected chi connectivity index (χ3v) is 4.65. The molecule has 0 radical (unpaired) electrons. The molecular formula is C19H19NO. The first kappa shape index (κ1) is 12.6. The van der Waals surface area contributed by atoms with Crippen LogP contribution in [0.25, 0.3) is 11.1 Å². The first-order valence-corrected chi connectivity index (χ1v) is 7.77. The van der Waals surface area contributed by atoms with Crippen molar-refractivity contribution in [3.63, 3.8) is 0 Å². The maximum atomic E-state index is 11.3. The van der Waals surface area contributed by atoms with Crippen molar-refractivity contribution in [2.75, 3.05) is 6.54 Å². The van der Waals surface area contributed by atoms with Crippen LogP contribution in [0.5, 0.6) is 0 Å². The van der Waals surface area contributed by atoms with Gasteiger partial charge in [-0.2, -0.15) is 0 Å². The zero-order chi connectivity index (χ0) is 14.2. The summed E-state index contributed by atoms with van der Waals surface area (Å²) < 4.78 is 0. The van der Waals surface area contributed by atoms with Gasteiger partial charge in [-0.25, -0.2) is 0 Å². The molecule has 1 heterocycles. The number of nitrogens with one attached hydrogen (secondary N) is 1. The van der Waals surface area contributed by atoms with Gasteiger partial charge < -0.3 is 5.32 Å². The van der Waals surface area contributed by atoms with E-state index in [2.05, 4.69) is 53.8 Å². The van der Waals surface area contributed by atoms with E-state index >= 15 is 0 Å². The number of carbonyl (C=O) groups is 1. The average Bonchev–Trinajstić information content (AvgIpc) is 3.29. The van der Waals surface area contributed by atoms with Crippen molar-refractivity contribution < 1.29 is 4.79 Å². The SMILES string of the molecule is O=C1CC(c2ccc(-c3ccccc3C3CC3)cc2)CN1. The van der Waals surface area contributed by atoms with E-state index in [9.17, 15) is 4.79 Å². The van der Waals surface area contributed by atoms with E-state index in [0.717, 1.165) is 12.5 Å². The summed E-state index contributed by atoms with van der Waals surface area (Å²) in [6, 6.07) is 17.5. The minimum absolute atomic E-state index is 0.170. The van der Waals surface area contributed by atoms with E-state index in [1.165, 1.54) is 35.1 Å². The molecule has 0 aromatic heterocycles. The van der Waals surface area contributed by atoms with E-state index < -0.39 is 0 Å². The molecule has 1 unspecified atom stereocenters. The zero-order valence-corrected chi connectivity index (χ0v) is 12.0. The van der Waals surface area contributed by atoms with Gasteiger partial charge in [0.25, 0.3) is 0 Å². The van der Waals surface area contributed by atoms with Crippen LogP contribution in [0, 0.1) is 0 Å². The number of hydrogen-bond donors (Lipinski definition) is 1. The molecular weight excluding hydrogens is 258 g/mol.